The molecular weight excluding hydrogens is 664 g/mol. The van der Waals surface area contributed by atoms with E-state index in [1.165, 1.54) is 30.3 Å². The Morgan fingerprint density at radius 3 is 2.35 bits per heavy atom. The summed E-state index contributed by atoms with van der Waals surface area (Å²) in [5, 5.41) is 17.2. The zero-order chi connectivity index (χ0) is 35.6. The van der Waals surface area contributed by atoms with Gasteiger partial charge in [0.25, 0.3) is 5.91 Å². The Morgan fingerprint density at radius 1 is 1.00 bits per heavy atom. The van der Waals surface area contributed by atoms with Gasteiger partial charge in [0.05, 0.1) is 32.6 Å². The second-order valence-corrected chi connectivity index (χ2v) is 14.9. The van der Waals surface area contributed by atoms with Gasteiger partial charge in [-0.2, -0.15) is 18.3 Å². The van der Waals surface area contributed by atoms with Crippen molar-refractivity contribution in [3.8, 4) is 5.69 Å². The van der Waals surface area contributed by atoms with Crippen LogP contribution in [0.4, 0.5) is 28.0 Å². The molecule has 2 aromatic heterocycles. The van der Waals surface area contributed by atoms with Gasteiger partial charge in [-0.1, -0.05) is 31.0 Å². The number of amides is 2. The zero-order valence-electron chi connectivity index (χ0n) is 27.0. The number of carbonyl (C=O) groups excluding carboxylic acids is 1. The lowest BCUT2D eigenvalue weighted by Crippen LogP contribution is -2.49. The summed E-state index contributed by atoms with van der Waals surface area (Å²) in [6.07, 6.45) is 0.371. The van der Waals surface area contributed by atoms with Crippen LogP contribution in [0.1, 0.15) is 79.3 Å². The number of benzene rings is 2. The van der Waals surface area contributed by atoms with Crippen LogP contribution in [0.2, 0.25) is 0 Å². The average Bonchev–Trinajstić information content (AvgIpc) is 3.76. The number of rotatable bonds is 12. The van der Waals surface area contributed by atoms with Gasteiger partial charge in [0.2, 0.25) is 0 Å². The molecular formula is C34H36F4N6O4S. The minimum Gasteiger partial charge on any atom is -0.465 e. The number of aromatic nitrogens is 3. The first-order valence-electron chi connectivity index (χ1n) is 15.5. The number of carboxylic acid groups (broad SMARTS) is 1. The number of nitrogens with one attached hydrogen (secondary N) is 3. The standard InChI is InChI=1S/C34H36F4N6O4S/c1-32(2,3)49(48)43-33(14-11-21-7-8-21,23-12-15-39-16-13-23)24-9-10-26(35)27(18-24)41-30(45)28-19-29(34(36,37)38)42-44(28)25-6-4-5-22(17-25)20-40-31(46)47/h4-6,9-10,12-13,15-19,21,40,43H,7-8,11,14,20H2,1-3H3,(H,41,45)(H,46,47)/t33?,49-/m0/s1. The van der Waals surface area contributed by atoms with Crippen LogP contribution < -0.4 is 15.4 Å². The molecule has 4 aromatic rings. The normalized spacial score (nSPS) is 15.3. The second-order valence-electron chi connectivity index (χ2n) is 12.9. The van der Waals surface area contributed by atoms with Crippen LogP contribution in [0.5, 0.6) is 0 Å². The molecule has 2 amide bonds. The molecule has 1 aliphatic carbocycles. The SMILES string of the molecule is CC(C)(C)[S@](=O)NC(CCC1CC1)(c1ccncc1)c1ccc(F)c(NC(=O)c2cc(C(F)(F)F)nn2-c2cccc(CNC(=O)O)c2)c1. The third kappa shape index (κ3) is 8.51. The number of hydrogen-bond acceptors (Lipinski definition) is 5. The first-order chi connectivity index (χ1) is 23.1. The highest BCUT2D eigenvalue weighted by Gasteiger charge is 2.41. The molecule has 5 rings (SSSR count). The van der Waals surface area contributed by atoms with Crippen LogP contribution in [0, 0.1) is 11.7 Å². The number of hydrogen-bond donors (Lipinski definition) is 4. The topological polar surface area (TPSA) is 138 Å². The molecule has 4 N–H and O–H groups in total. The van der Waals surface area contributed by atoms with Gasteiger partial charge in [0, 0.05) is 25.0 Å². The van der Waals surface area contributed by atoms with Crippen LogP contribution in [0.15, 0.2) is 73.1 Å². The molecule has 1 fully saturated rings. The molecule has 0 bridgehead atoms. The van der Waals surface area contributed by atoms with Crippen molar-refractivity contribution in [1.29, 1.82) is 0 Å². The fourth-order valence-electron chi connectivity index (χ4n) is 5.33. The number of nitrogens with zero attached hydrogens (tertiary/aromatic N) is 3. The fraction of sp³-hybridized carbons (Fsp3) is 0.353. The Hall–Kier alpha value is -4.63. The average molecular weight is 701 g/mol. The zero-order valence-corrected chi connectivity index (χ0v) is 27.8. The minimum absolute atomic E-state index is 0.0465. The molecule has 15 heteroatoms. The number of carbonyl (C=O) groups is 2. The van der Waals surface area contributed by atoms with Crippen LogP contribution in [-0.2, 0) is 29.2 Å². The van der Waals surface area contributed by atoms with E-state index in [0.29, 0.717) is 29.5 Å². The molecule has 49 heavy (non-hydrogen) atoms. The maximum Gasteiger partial charge on any atom is 0.435 e. The number of pyridine rings is 1. The first kappa shape index (κ1) is 35.7. The highest BCUT2D eigenvalue weighted by atomic mass is 32.2. The van der Waals surface area contributed by atoms with E-state index >= 15 is 4.39 Å². The van der Waals surface area contributed by atoms with Gasteiger partial charge in [-0.3, -0.25) is 9.78 Å². The highest BCUT2D eigenvalue weighted by Crippen LogP contribution is 2.42. The molecule has 10 nitrogen and oxygen atoms in total. The Bertz CT molecular complexity index is 1860. The van der Waals surface area contributed by atoms with Crippen molar-refractivity contribution in [3.05, 3.63) is 107 Å². The van der Waals surface area contributed by atoms with Crippen LogP contribution in [0.25, 0.3) is 5.69 Å². The van der Waals surface area contributed by atoms with E-state index in [9.17, 15) is 27.0 Å². The van der Waals surface area contributed by atoms with Crippen molar-refractivity contribution in [1.82, 2.24) is 24.8 Å². The van der Waals surface area contributed by atoms with Gasteiger partial charge >= 0.3 is 12.3 Å². The molecule has 0 spiro atoms. The second kappa shape index (κ2) is 14.1. The van der Waals surface area contributed by atoms with Crippen molar-refractivity contribution in [3.63, 3.8) is 0 Å². The fourth-order valence-corrected chi connectivity index (χ4v) is 6.29. The van der Waals surface area contributed by atoms with Crippen molar-refractivity contribution in [2.45, 2.75) is 69.5 Å². The summed E-state index contributed by atoms with van der Waals surface area (Å²) >= 11 is 0. The maximum absolute atomic E-state index is 15.5. The van der Waals surface area contributed by atoms with E-state index < -0.39 is 56.7 Å². The van der Waals surface area contributed by atoms with E-state index in [0.717, 1.165) is 35.6 Å². The minimum atomic E-state index is -4.91. The van der Waals surface area contributed by atoms with Crippen molar-refractivity contribution >= 4 is 28.7 Å². The molecule has 1 aliphatic rings. The molecule has 0 radical (unpaired) electrons. The van der Waals surface area contributed by atoms with Crippen LogP contribution in [-0.4, -0.2) is 40.8 Å². The number of anilines is 1. The highest BCUT2D eigenvalue weighted by molar-refractivity contribution is 7.84. The molecule has 1 unspecified atom stereocenters. The first-order valence-corrected chi connectivity index (χ1v) is 16.7. The number of halogens is 4. The lowest BCUT2D eigenvalue weighted by molar-refractivity contribution is -0.141. The lowest BCUT2D eigenvalue weighted by atomic mass is 9.79. The monoisotopic (exact) mass is 700 g/mol. The summed E-state index contributed by atoms with van der Waals surface area (Å²) in [6, 6.07) is 14.0. The largest absolute Gasteiger partial charge is 0.465 e. The van der Waals surface area contributed by atoms with Crippen molar-refractivity contribution in [2.75, 3.05) is 5.32 Å². The molecule has 2 heterocycles. The van der Waals surface area contributed by atoms with E-state index in [1.807, 2.05) is 20.8 Å². The summed E-state index contributed by atoms with van der Waals surface area (Å²) < 4.78 is 74.0. The summed E-state index contributed by atoms with van der Waals surface area (Å²) in [4.78, 5) is 28.8. The van der Waals surface area contributed by atoms with Crippen molar-refractivity contribution in [2.24, 2.45) is 5.92 Å². The predicted molar refractivity (Wildman–Crippen MR) is 176 cm³/mol. The van der Waals surface area contributed by atoms with Gasteiger partial charge in [-0.15, -0.1) is 0 Å². The third-order valence-electron chi connectivity index (χ3n) is 8.16. The number of alkyl halides is 3. The summed E-state index contributed by atoms with van der Waals surface area (Å²) in [6.45, 7) is 5.31. The molecule has 260 valence electrons. The van der Waals surface area contributed by atoms with Gasteiger partial charge in [0.1, 0.15) is 11.5 Å². The quantitative estimate of drug-likeness (QED) is 0.118. The smallest absolute Gasteiger partial charge is 0.435 e. The third-order valence-corrected chi connectivity index (χ3v) is 9.81. The molecule has 2 aromatic carbocycles. The van der Waals surface area contributed by atoms with Gasteiger partial charge in [0.15, 0.2) is 5.69 Å². The summed E-state index contributed by atoms with van der Waals surface area (Å²) in [7, 11) is -1.60. The van der Waals surface area contributed by atoms with Gasteiger partial charge in [-0.05, 0) is 92.6 Å². The lowest BCUT2D eigenvalue weighted by Gasteiger charge is -2.38. The Balaban J connectivity index is 1.56. The van der Waals surface area contributed by atoms with E-state index in [1.54, 1.807) is 30.6 Å². The molecule has 1 saturated carbocycles. The Morgan fingerprint density at radius 2 is 1.71 bits per heavy atom. The van der Waals surface area contributed by atoms with Crippen LogP contribution >= 0.6 is 0 Å². The molecule has 0 aliphatic heterocycles. The summed E-state index contributed by atoms with van der Waals surface area (Å²) in [5.41, 5.74) is -1.67. The van der Waals surface area contributed by atoms with E-state index in [4.69, 9.17) is 5.11 Å². The maximum atomic E-state index is 15.5. The predicted octanol–water partition coefficient (Wildman–Crippen LogP) is 6.93. The Labute approximate surface area is 282 Å². The Kier molecular flexibility index (Phi) is 10.2. The van der Waals surface area contributed by atoms with Crippen molar-refractivity contribution < 1.29 is 36.5 Å². The van der Waals surface area contributed by atoms with Gasteiger partial charge < -0.3 is 15.7 Å². The summed E-state index contributed by atoms with van der Waals surface area (Å²) in [5.74, 6) is -1.44. The molecule has 2 atom stereocenters. The van der Waals surface area contributed by atoms with Crippen LogP contribution in [0.3, 0.4) is 0 Å². The van der Waals surface area contributed by atoms with Gasteiger partial charge in [-0.25, -0.2) is 22.8 Å². The van der Waals surface area contributed by atoms with E-state index in [2.05, 4.69) is 25.4 Å². The molecule has 0 saturated heterocycles. The van der Waals surface area contributed by atoms with E-state index in [-0.39, 0.29) is 17.9 Å².